The molecule has 0 aliphatic heterocycles. The fraction of sp³-hybridized carbons (Fsp3) is 0.182. The maximum absolute atomic E-state index is 11.9. The van der Waals surface area contributed by atoms with Crippen molar-refractivity contribution < 1.29 is 20.4 Å². The lowest BCUT2D eigenvalue weighted by atomic mass is 9.71. The maximum Gasteiger partial charge on any atom is 0.121 e. The third-order valence-corrected chi connectivity index (χ3v) is 4.74. The van der Waals surface area contributed by atoms with Crippen LogP contribution in [0.3, 0.4) is 0 Å². The maximum atomic E-state index is 11.9. The van der Waals surface area contributed by atoms with Crippen molar-refractivity contribution in [1.29, 1.82) is 0 Å². The Balaban J connectivity index is 2.20. The number of aromatic hydroxyl groups is 2. The Morgan fingerprint density at radius 3 is 1.73 bits per heavy atom. The summed E-state index contributed by atoms with van der Waals surface area (Å²) in [4.78, 5) is 0. The summed E-state index contributed by atoms with van der Waals surface area (Å²) in [6.07, 6.45) is 0.330. The van der Waals surface area contributed by atoms with Gasteiger partial charge in [0.05, 0.1) is 0 Å². The van der Waals surface area contributed by atoms with Gasteiger partial charge in [0.25, 0.3) is 0 Å². The molecule has 4 heteroatoms. The van der Waals surface area contributed by atoms with Crippen LogP contribution in [0.15, 0.2) is 78.9 Å². The molecule has 3 rings (SSSR count). The van der Waals surface area contributed by atoms with Gasteiger partial charge in [0.1, 0.15) is 17.1 Å². The smallest absolute Gasteiger partial charge is 0.121 e. The summed E-state index contributed by atoms with van der Waals surface area (Å²) < 4.78 is 0. The lowest BCUT2D eigenvalue weighted by Gasteiger charge is -2.37. The Bertz CT molecular complexity index is 828. The Labute approximate surface area is 152 Å². The summed E-state index contributed by atoms with van der Waals surface area (Å²) in [5.41, 5.74) is 0.704. The zero-order chi connectivity index (χ0) is 18.6. The van der Waals surface area contributed by atoms with Gasteiger partial charge in [0.15, 0.2) is 0 Å². The van der Waals surface area contributed by atoms with Crippen LogP contribution < -0.4 is 0 Å². The van der Waals surface area contributed by atoms with E-state index in [4.69, 9.17) is 0 Å². The van der Waals surface area contributed by atoms with E-state index in [0.717, 1.165) is 5.56 Å². The van der Waals surface area contributed by atoms with E-state index in [1.54, 1.807) is 36.4 Å². The predicted octanol–water partition coefficient (Wildman–Crippen LogP) is 3.50. The van der Waals surface area contributed by atoms with Crippen molar-refractivity contribution in [3.63, 3.8) is 0 Å². The number of aliphatic hydroxyl groups is 2. The summed E-state index contributed by atoms with van der Waals surface area (Å²) in [7, 11) is 0. The largest absolute Gasteiger partial charge is 0.508 e. The lowest BCUT2D eigenvalue weighted by Crippen LogP contribution is -2.35. The zero-order valence-electron chi connectivity index (χ0n) is 14.3. The zero-order valence-corrected chi connectivity index (χ0v) is 14.3. The standard InChI is InChI=1S/C22H22O4/c23-15-14-21(16-6-10-19(24)11-7-16)22(26,17-4-2-1-3-5-17)18-8-12-20(25)13-9-18/h1-13,21,23-26H,14-15H2. The van der Waals surface area contributed by atoms with Crippen molar-refractivity contribution >= 4 is 0 Å². The van der Waals surface area contributed by atoms with Gasteiger partial charge in [0, 0.05) is 12.5 Å². The molecule has 0 saturated heterocycles. The number of aliphatic hydroxyl groups excluding tert-OH is 1. The molecule has 4 N–H and O–H groups in total. The first-order valence-electron chi connectivity index (χ1n) is 8.53. The van der Waals surface area contributed by atoms with E-state index in [1.165, 1.54) is 12.1 Å². The van der Waals surface area contributed by atoms with Gasteiger partial charge in [-0.3, -0.25) is 0 Å². The van der Waals surface area contributed by atoms with E-state index in [2.05, 4.69) is 0 Å². The first-order chi connectivity index (χ1) is 12.6. The number of phenols is 2. The summed E-state index contributed by atoms with van der Waals surface area (Å²) in [6.45, 7) is -0.0984. The Kier molecular flexibility index (Phi) is 5.26. The topological polar surface area (TPSA) is 80.9 Å². The van der Waals surface area contributed by atoms with E-state index in [-0.39, 0.29) is 18.1 Å². The van der Waals surface area contributed by atoms with Crippen molar-refractivity contribution in [2.45, 2.75) is 17.9 Å². The number of rotatable bonds is 6. The fourth-order valence-corrected chi connectivity index (χ4v) is 3.43. The molecule has 3 aromatic carbocycles. The van der Waals surface area contributed by atoms with Gasteiger partial charge in [0.2, 0.25) is 0 Å². The van der Waals surface area contributed by atoms with Gasteiger partial charge in [-0.15, -0.1) is 0 Å². The molecule has 0 saturated carbocycles. The van der Waals surface area contributed by atoms with Gasteiger partial charge in [-0.25, -0.2) is 0 Å². The van der Waals surface area contributed by atoms with E-state index in [9.17, 15) is 20.4 Å². The van der Waals surface area contributed by atoms with Crippen molar-refractivity contribution in [1.82, 2.24) is 0 Å². The van der Waals surface area contributed by atoms with Crippen LogP contribution in [-0.2, 0) is 5.60 Å². The molecule has 26 heavy (non-hydrogen) atoms. The molecule has 0 spiro atoms. The quantitative estimate of drug-likeness (QED) is 0.548. The summed E-state index contributed by atoms with van der Waals surface area (Å²) >= 11 is 0. The van der Waals surface area contributed by atoms with Crippen molar-refractivity contribution in [3.05, 3.63) is 95.6 Å². The Morgan fingerprint density at radius 1 is 0.692 bits per heavy atom. The van der Waals surface area contributed by atoms with Crippen LogP contribution in [0.1, 0.15) is 29.0 Å². The van der Waals surface area contributed by atoms with Crippen molar-refractivity contribution in [3.8, 4) is 11.5 Å². The second-order valence-electron chi connectivity index (χ2n) is 6.34. The fourth-order valence-electron chi connectivity index (χ4n) is 3.43. The van der Waals surface area contributed by atoms with Crippen LogP contribution >= 0.6 is 0 Å². The molecule has 0 bridgehead atoms. The minimum atomic E-state index is -1.41. The molecule has 2 atom stereocenters. The summed E-state index contributed by atoms with van der Waals surface area (Å²) in [5.74, 6) is -0.183. The molecule has 0 amide bonds. The van der Waals surface area contributed by atoms with Crippen LogP contribution in [0.5, 0.6) is 11.5 Å². The average molecular weight is 350 g/mol. The predicted molar refractivity (Wildman–Crippen MR) is 100 cm³/mol. The minimum absolute atomic E-state index is 0.0984. The normalized spacial score (nSPS) is 14.5. The summed E-state index contributed by atoms with van der Waals surface area (Å²) in [5, 5.41) is 40.8. The first-order valence-corrected chi connectivity index (χ1v) is 8.53. The van der Waals surface area contributed by atoms with Crippen molar-refractivity contribution in [2.24, 2.45) is 0 Å². The molecular formula is C22H22O4. The van der Waals surface area contributed by atoms with Crippen LogP contribution in [0.4, 0.5) is 0 Å². The Morgan fingerprint density at radius 2 is 1.19 bits per heavy atom. The van der Waals surface area contributed by atoms with Crippen LogP contribution in [0, 0.1) is 0 Å². The lowest BCUT2D eigenvalue weighted by molar-refractivity contribution is 0.0392. The van der Waals surface area contributed by atoms with Crippen LogP contribution in [-0.4, -0.2) is 27.0 Å². The highest BCUT2D eigenvalue weighted by Gasteiger charge is 2.40. The molecule has 134 valence electrons. The van der Waals surface area contributed by atoms with Crippen molar-refractivity contribution in [2.75, 3.05) is 6.61 Å². The van der Waals surface area contributed by atoms with E-state index in [1.807, 2.05) is 30.3 Å². The second kappa shape index (κ2) is 7.60. The number of hydrogen-bond donors (Lipinski definition) is 4. The molecule has 2 unspecified atom stereocenters. The Hall–Kier alpha value is -2.82. The van der Waals surface area contributed by atoms with E-state index >= 15 is 0 Å². The molecule has 0 aromatic heterocycles. The van der Waals surface area contributed by atoms with Gasteiger partial charge < -0.3 is 20.4 Å². The molecule has 3 aromatic rings. The number of phenolic OH excluding ortho intramolecular Hbond substituents is 2. The third kappa shape index (κ3) is 3.43. The summed E-state index contributed by atoms with van der Waals surface area (Å²) in [6, 6.07) is 22.4. The molecule has 0 fully saturated rings. The molecule has 0 heterocycles. The highest BCUT2D eigenvalue weighted by Crippen LogP contribution is 2.44. The van der Waals surface area contributed by atoms with Gasteiger partial charge >= 0.3 is 0 Å². The molecule has 0 aliphatic rings. The first kappa shape index (κ1) is 18.0. The van der Waals surface area contributed by atoms with E-state index < -0.39 is 11.5 Å². The van der Waals surface area contributed by atoms with Crippen LogP contribution in [0.25, 0.3) is 0 Å². The third-order valence-electron chi connectivity index (χ3n) is 4.74. The van der Waals surface area contributed by atoms with Crippen LogP contribution in [0.2, 0.25) is 0 Å². The van der Waals surface area contributed by atoms with E-state index in [0.29, 0.717) is 17.5 Å². The monoisotopic (exact) mass is 350 g/mol. The highest BCUT2D eigenvalue weighted by molar-refractivity contribution is 5.44. The highest BCUT2D eigenvalue weighted by atomic mass is 16.3. The van der Waals surface area contributed by atoms with Gasteiger partial charge in [-0.2, -0.15) is 0 Å². The number of benzene rings is 3. The SMILES string of the molecule is OCCC(c1ccc(O)cc1)C(O)(c1ccccc1)c1ccc(O)cc1. The molecule has 0 radical (unpaired) electrons. The average Bonchev–Trinajstić information content (AvgIpc) is 2.68. The minimum Gasteiger partial charge on any atom is -0.508 e. The second-order valence-corrected chi connectivity index (χ2v) is 6.34. The number of hydrogen-bond acceptors (Lipinski definition) is 4. The van der Waals surface area contributed by atoms with Gasteiger partial charge in [-0.05, 0) is 47.4 Å². The molecule has 4 nitrogen and oxygen atoms in total. The molecular weight excluding hydrogens is 328 g/mol. The van der Waals surface area contributed by atoms with Gasteiger partial charge in [-0.1, -0.05) is 54.6 Å². The molecule has 0 aliphatic carbocycles.